The van der Waals surface area contributed by atoms with Crippen LogP contribution in [0.4, 0.5) is 0 Å². The van der Waals surface area contributed by atoms with Crippen LogP contribution in [0, 0.1) is 6.92 Å². The number of hydrogen-bond acceptors (Lipinski definition) is 6. The fourth-order valence-electron chi connectivity index (χ4n) is 3.17. The van der Waals surface area contributed by atoms with Gasteiger partial charge >= 0.3 is 5.97 Å². The van der Waals surface area contributed by atoms with Crippen LogP contribution in [-0.2, 0) is 26.1 Å². The summed E-state index contributed by atoms with van der Waals surface area (Å²) in [5.41, 5.74) is 2.57. The number of rotatable bonds is 5. The molecule has 1 aliphatic rings. The Kier molecular flexibility index (Phi) is 5.16. The van der Waals surface area contributed by atoms with Crippen molar-refractivity contribution in [1.29, 1.82) is 0 Å². The summed E-state index contributed by atoms with van der Waals surface area (Å²) in [6.45, 7) is 1.85. The predicted molar refractivity (Wildman–Crippen MR) is 105 cm³/mol. The summed E-state index contributed by atoms with van der Waals surface area (Å²) in [7, 11) is -3.79. The number of nitrogens with zero attached hydrogens (tertiary/aromatic N) is 4. The van der Waals surface area contributed by atoms with Crippen LogP contribution >= 0.6 is 0 Å². The van der Waals surface area contributed by atoms with E-state index in [1.54, 1.807) is 35.1 Å². The Hall–Kier alpha value is -3.04. The van der Waals surface area contributed by atoms with Crippen molar-refractivity contribution in [3.63, 3.8) is 0 Å². The molecule has 1 aromatic heterocycles. The largest absolute Gasteiger partial charge is 0.458 e. The first-order chi connectivity index (χ1) is 13.9. The van der Waals surface area contributed by atoms with Gasteiger partial charge in [-0.3, -0.25) is 4.79 Å². The zero-order valence-corrected chi connectivity index (χ0v) is 16.6. The first kappa shape index (κ1) is 19.3. The number of cyclic esters (lactones) is 1. The van der Waals surface area contributed by atoms with Gasteiger partial charge in [0, 0.05) is 5.56 Å². The third kappa shape index (κ3) is 4.20. The Morgan fingerprint density at radius 1 is 1.10 bits per heavy atom. The minimum absolute atomic E-state index is 0.0580. The second-order valence-electron chi connectivity index (χ2n) is 6.91. The number of benzene rings is 2. The van der Waals surface area contributed by atoms with Gasteiger partial charge in [-0.05, 0) is 19.1 Å². The highest BCUT2D eigenvalue weighted by molar-refractivity contribution is 7.89. The summed E-state index contributed by atoms with van der Waals surface area (Å²) in [6.07, 6.45) is 1.10. The van der Waals surface area contributed by atoms with Crippen LogP contribution in [0.25, 0.3) is 11.3 Å². The molecule has 0 saturated carbocycles. The van der Waals surface area contributed by atoms with Crippen molar-refractivity contribution in [3.05, 3.63) is 66.4 Å². The average molecular weight is 412 g/mol. The van der Waals surface area contributed by atoms with Gasteiger partial charge in [-0.2, -0.15) is 4.31 Å². The number of carbonyl (C=O) groups excluding carboxylic acids is 1. The highest BCUT2D eigenvalue weighted by Gasteiger charge is 2.35. The molecule has 1 unspecified atom stereocenters. The minimum atomic E-state index is -3.79. The van der Waals surface area contributed by atoms with E-state index in [0.717, 1.165) is 15.4 Å². The van der Waals surface area contributed by atoms with Gasteiger partial charge in [-0.25, -0.2) is 13.1 Å². The van der Waals surface area contributed by atoms with Crippen molar-refractivity contribution in [2.24, 2.45) is 0 Å². The van der Waals surface area contributed by atoms with Crippen LogP contribution in [0.2, 0.25) is 0 Å². The summed E-state index contributed by atoms with van der Waals surface area (Å²) < 4.78 is 33.9. The molecule has 1 saturated heterocycles. The van der Waals surface area contributed by atoms with Crippen molar-refractivity contribution < 1.29 is 17.9 Å². The molecule has 4 rings (SSSR count). The van der Waals surface area contributed by atoms with E-state index in [1.807, 2.05) is 37.3 Å². The Labute approximate surface area is 168 Å². The summed E-state index contributed by atoms with van der Waals surface area (Å²) >= 11 is 0. The average Bonchev–Trinajstić information content (AvgIpc) is 3.17. The second-order valence-corrected chi connectivity index (χ2v) is 8.85. The second kappa shape index (κ2) is 7.76. The van der Waals surface area contributed by atoms with Crippen molar-refractivity contribution in [1.82, 2.24) is 19.3 Å². The van der Waals surface area contributed by atoms with Crippen LogP contribution in [-0.4, -0.2) is 52.9 Å². The molecule has 0 spiro atoms. The Balaban J connectivity index is 1.50. The monoisotopic (exact) mass is 412 g/mol. The molecule has 0 radical (unpaired) electrons. The maximum Gasteiger partial charge on any atom is 0.321 e. The van der Waals surface area contributed by atoms with E-state index in [9.17, 15) is 13.2 Å². The third-order valence-electron chi connectivity index (χ3n) is 4.67. The molecule has 3 aromatic rings. The quantitative estimate of drug-likeness (QED) is 0.594. The molecule has 1 atom stereocenters. The fraction of sp³-hybridized carbons (Fsp3) is 0.250. The van der Waals surface area contributed by atoms with Gasteiger partial charge in [0.1, 0.15) is 18.3 Å². The van der Waals surface area contributed by atoms with E-state index in [0.29, 0.717) is 5.69 Å². The van der Waals surface area contributed by atoms with Crippen molar-refractivity contribution in [2.45, 2.75) is 24.5 Å². The number of sulfonamides is 1. The van der Waals surface area contributed by atoms with Gasteiger partial charge in [-0.15, -0.1) is 5.10 Å². The molecule has 1 aliphatic heterocycles. The van der Waals surface area contributed by atoms with Gasteiger partial charge in [0.2, 0.25) is 10.0 Å². The van der Waals surface area contributed by atoms with Crippen LogP contribution in [0.1, 0.15) is 5.56 Å². The van der Waals surface area contributed by atoms with E-state index < -0.39 is 22.1 Å². The van der Waals surface area contributed by atoms with E-state index in [-0.39, 0.29) is 24.5 Å². The molecular formula is C20H20N4O4S. The molecule has 150 valence electrons. The fourth-order valence-corrected chi connectivity index (χ4v) is 4.59. The zero-order valence-electron chi connectivity index (χ0n) is 15.8. The molecule has 1 fully saturated rings. The topological polar surface area (TPSA) is 94.4 Å². The Morgan fingerprint density at radius 2 is 1.83 bits per heavy atom. The SMILES string of the molecule is Cc1ccc(S(=O)(=O)N2CC(=O)OC(Cn3cc(-c4ccccc4)nn3)C2)cc1. The molecule has 0 bridgehead atoms. The standard InChI is InChI=1S/C20H20N4O4S/c1-15-7-9-18(10-8-15)29(26,27)24-12-17(28-20(25)14-24)11-23-13-19(21-22-23)16-5-3-2-4-6-16/h2-10,13,17H,11-12,14H2,1H3. The van der Waals surface area contributed by atoms with Crippen LogP contribution in [0.3, 0.4) is 0 Å². The minimum Gasteiger partial charge on any atom is -0.458 e. The number of esters is 1. The number of morpholine rings is 1. The molecule has 29 heavy (non-hydrogen) atoms. The number of aryl methyl sites for hydroxylation is 1. The summed E-state index contributed by atoms with van der Waals surface area (Å²) in [4.78, 5) is 12.2. The maximum absolute atomic E-state index is 12.9. The predicted octanol–water partition coefficient (Wildman–Crippen LogP) is 1.87. The Bertz CT molecular complexity index is 1110. The van der Waals surface area contributed by atoms with Crippen molar-refractivity contribution in [3.8, 4) is 11.3 Å². The van der Waals surface area contributed by atoms with Crippen LogP contribution in [0.15, 0.2) is 65.7 Å². The number of hydrogen-bond donors (Lipinski definition) is 0. The molecule has 0 aliphatic carbocycles. The lowest BCUT2D eigenvalue weighted by atomic mass is 10.2. The van der Waals surface area contributed by atoms with Crippen LogP contribution in [0.5, 0.6) is 0 Å². The van der Waals surface area contributed by atoms with Gasteiger partial charge < -0.3 is 4.74 Å². The summed E-state index contributed by atoms with van der Waals surface area (Å²) in [6, 6.07) is 16.1. The molecule has 8 nitrogen and oxygen atoms in total. The maximum atomic E-state index is 12.9. The van der Waals surface area contributed by atoms with Crippen LogP contribution < -0.4 is 0 Å². The molecular weight excluding hydrogens is 392 g/mol. The number of carbonyl (C=O) groups is 1. The smallest absolute Gasteiger partial charge is 0.321 e. The zero-order chi connectivity index (χ0) is 20.4. The van der Waals surface area contributed by atoms with Gasteiger partial charge in [0.25, 0.3) is 0 Å². The van der Waals surface area contributed by atoms with E-state index in [4.69, 9.17) is 4.74 Å². The number of aromatic nitrogens is 3. The number of ether oxygens (including phenoxy) is 1. The summed E-state index contributed by atoms with van der Waals surface area (Å²) in [5.74, 6) is -0.583. The van der Waals surface area contributed by atoms with E-state index in [2.05, 4.69) is 10.3 Å². The molecule has 2 aromatic carbocycles. The normalized spacial score (nSPS) is 17.8. The van der Waals surface area contributed by atoms with Crippen molar-refractivity contribution >= 4 is 16.0 Å². The van der Waals surface area contributed by atoms with E-state index >= 15 is 0 Å². The lowest BCUT2D eigenvalue weighted by Crippen LogP contribution is -2.49. The molecule has 9 heteroatoms. The van der Waals surface area contributed by atoms with E-state index in [1.165, 1.54) is 0 Å². The lowest BCUT2D eigenvalue weighted by Gasteiger charge is -2.31. The molecule has 0 amide bonds. The molecule has 0 N–H and O–H groups in total. The highest BCUT2D eigenvalue weighted by atomic mass is 32.2. The van der Waals surface area contributed by atoms with Gasteiger partial charge in [-0.1, -0.05) is 53.2 Å². The lowest BCUT2D eigenvalue weighted by molar-refractivity contribution is -0.156. The molecule has 2 heterocycles. The first-order valence-electron chi connectivity index (χ1n) is 9.14. The Morgan fingerprint density at radius 3 is 2.55 bits per heavy atom. The van der Waals surface area contributed by atoms with Gasteiger partial charge in [0.05, 0.1) is 24.2 Å². The van der Waals surface area contributed by atoms with Crippen molar-refractivity contribution in [2.75, 3.05) is 13.1 Å². The third-order valence-corrected chi connectivity index (χ3v) is 6.49. The van der Waals surface area contributed by atoms with Gasteiger partial charge in [0.15, 0.2) is 0 Å². The first-order valence-corrected chi connectivity index (χ1v) is 10.6. The highest BCUT2D eigenvalue weighted by Crippen LogP contribution is 2.21. The summed E-state index contributed by atoms with van der Waals surface area (Å²) in [5, 5.41) is 8.21.